The van der Waals surface area contributed by atoms with Gasteiger partial charge in [-0.15, -0.1) is 0 Å². The summed E-state index contributed by atoms with van der Waals surface area (Å²) in [6, 6.07) is 6.72. The van der Waals surface area contributed by atoms with E-state index in [1.54, 1.807) is 6.07 Å². The van der Waals surface area contributed by atoms with E-state index in [0.717, 1.165) is 18.2 Å². The number of aromatic nitrogens is 1. The topological polar surface area (TPSA) is 42.4 Å². The highest BCUT2D eigenvalue weighted by Crippen LogP contribution is 2.36. The van der Waals surface area contributed by atoms with Gasteiger partial charge < -0.3 is 9.84 Å². The molecule has 144 valence electrons. The quantitative estimate of drug-likeness (QED) is 0.230. The van der Waals surface area contributed by atoms with Gasteiger partial charge in [0.1, 0.15) is 5.52 Å². The molecule has 2 aromatic rings. The number of hydrogen-bond donors (Lipinski definition) is 1. The maximum atomic E-state index is 13.9. The van der Waals surface area contributed by atoms with Crippen molar-refractivity contribution in [2.75, 3.05) is 7.11 Å². The van der Waals surface area contributed by atoms with Gasteiger partial charge in [0.05, 0.1) is 12.8 Å². The first kappa shape index (κ1) is 21.4. The first-order chi connectivity index (χ1) is 12.5. The van der Waals surface area contributed by atoms with Gasteiger partial charge in [-0.25, -0.2) is 9.37 Å². The second-order valence-electron chi connectivity index (χ2n) is 6.83. The SMILES string of the molecule is CCCCCCCCCCC(O)(I)c1ccc2ccc(F)c(OC)c2n1. The molecule has 1 aromatic carbocycles. The smallest absolute Gasteiger partial charge is 0.180 e. The van der Waals surface area contributed by atoms with Crippen molar-refractivity contribution < 1.29 is 14.2 Å². The summed E-state index contributed by atoms with van der Waals surface area (Å²) in [6.07, 6.45) is 10.4. The number of halogens is 2. The van der Waals surface area contributed by atoms with Gasteiger partial charge >= 0.3 is 0 Å². The fourth-order valence-corrected chi connectivity index (χ4v) is 3.85. The number of nitrogens with zero attached hydrogens (tertiary/aromatic N) is 1. The summed E-state index contributed by atoms with van der Waals surface area (Å²) in [5.41, 5.74) is 1.01. The van der Waals surface area contributed by atoms with Crippen LogP contribution in [0.2, 0.25) is 0 Å². The van der Waals surface area contributed by atoms with E-state index < -0.39 is 9.43 Å². The number of unbranched alkanes of at least 4 members (excludes halogenated alkanes) is 7. The first-order valence-corrected chi connectivity index (χ1v) is 10.6. The largest absolute Gasteiger partial charge is 0.491 e. The number of fused-ring (bicyclic) bond motifs is 1. The maximum absolute atomic E-state index is 13.9. The summed E-state index contributed by atoms with van der Waals surface area (Å²) in [5, 5.41) is 11.6. The molecule has 0 aliphatic rings. The van der Waals surface area contributed by atoms with Gasteiger partial charge in [0, 0.05) is 5.39 Å². The number of hydrogen-bond acceptors (Lipinski definition) is 3. The molecule has 1 unspecified atom stereocenters. The molecule has 2 rings (SSSR count). The van der Waals surface area contributed by atoms with E-state index in [2.05, 4.69) is 11.9 Å². The van der Waals surface area contributed by atoms with E-state index in [0.29, 0.717) is 17.6 Å². The molecule has 0 radical (unpaired) electrons. The molecule has 0 amide bonds. The molecule has 1 atom stereocenters. The van der Waals surface area contributed by atoms with Gasteiger partial charge in [-0.2, -0.15) is 0 Å². The fourth-order valence-electron chi connectivity index (χ4n) is 3.17. The molecule has 0 saturated carbocycles. The van der Waals surface area contributed by atoms with Gasteiger partial charge in [0.2, 0.25) is 0 Å². The number of pyridine rings is 1. The lowest BCUT2D eigenvalue weighted by atomic mass is 10.0. The van der Waals surface area contributed by atoms with Gasteiger partial charge in [-0.05, 0) is 53.6 Å². The van der Waals surface area contributed by atoms with Crippen LogP contribution in [-0.2, 0) is 3.61 Å². The lowest BCUT2D eigenvalue weighted by Crippen LogP contribution is -2.18. The maximum Gasteiger partial charge on any atom is 0.180 e. The summed E-state index contributed by atoms with van der Waals surface area (Å²) < 4.78 is 18.0. The molecular weight excluding hydrogens is 444 g/mol. The van der Waals surface area contributed by atoms with Crippen molar-refractivity contribution in [2.24, 2.45) is 0 Å². The van der Waals surface area contributed by atoms with E-state index in [1.807, 2.05) is 34.7 Å². The Labute approximate surface area is 169 Å². The molecule has 1 aromatic heterocycles. The molecule has 0 fully saturated rings. The van der Waals surface area contributed by atoms with E-state index in [4.69, 9.17) is 4.74 Å². The van der Waals surface area contributed by atoms with Gasteiger partial charge in [0.25, 0.3) is 0 Å². The minimum atomic E-state index is -1.05. The van der Waals surface area contributed by atoms with E-state index >= 15 is 0 Å². The second kappa shape index (κ2) is 10.4. The van der Waals surface area contributed by atoms with Crippen LogP contribution in [0.15, 0.2) is 24.3 Å². The molecule has 0 bridgehead atoms. The molecule has 0 aliphatic heterocycles. The van der Waals surface area contributed by atoms with Crippen LogP contribution in [0, 0.1) is 5.82 Å². The monoisotopic (exact) mass is 473 g/mol. The van der Waals surface area contributed by atoms with Gasteiger partial charge in [-0.1, -0.05) is 57.9 Å². The molecule has 5 heteroatoms. The van der Waals surface area contributed by atoms with Crippen molar-refractivity contribution in [3.63, 3.8) is 0 Å². The lowest BCUT2D eigenvalue weighted by molar-refractivity contribution is 0.138. The average molecular weight is 473 g/mol. The third-order valence-corrected chi connectivity index (χ3v) is 5.82. The molecule has 1 heterocycles. The number of aliphatic hydroxyl groups is 1. The van der Waals surface area contributed by atoms with Crippen LogP contribution in [0.3, 0.4) is 0 Å². The normalized spacial score (nSPS) is 13.7. The molecule has 0 spiro atoms. The zero-order valence-electron chi connectivity index (χ0n) is 15.7. The minimum absolute atomic E-state index is 0.128. The number of ether oxygens (including phenoxy) is 1. The zero-order chi connectivity index (χ0) is 19.0. The second-order valence-corrected chi connectivity index (χ2v) is 8.62. The van der Waals surface area contributed by atoms with E-state index in [1.165, 1.54) is 51.7 Å². The summed E-state index contributed by atoms with van der Waals surface area (Å²) in [5.74, 6) is -0.312. The molecule has 1 N–H and O–H groups in total. The van der Waals surface area contributed by atoms with Crippen molar-refractivity contribution in [1.29, 1.82) is 0 Å². The Morgan fingerprint density at radius 3 is 2.31 bits per heavy atom. The Kier molecular flexibility index (Phi) is 8.54. The highest BCUT2D eigenvalue weighted by Gasteiger charge is 2.27. The number of benzene rings is 1. The Balaban J connectivity index is 1.95. The van der Waals surface area contributed by atoms with Crippen molar-refractivity contribution in [2.45, 2.75) is 68.3 Å². The third-order valence-electron chi connectivity index (χ3n) is 4.73. The van der Waals surface area contributed by atoms with E-state index in [9.17, 15) is 9.50 Å². The number of alkyl halides is 1. The van der Waals surface area contributed by atoms with Crippen molar-refractivity contribution in [3.8, 4) is 5.75 Å². The van der Waals surface area contributed by atoms with Crippen LogP contribution < -0.4 is 4.74 Å². The molecule has 26 heavy (non-hydrogen) atoms. The van der Waals surface area contributed by atoms with Crippen LogP contribution in [0.4, 0.5) is 4.39 Å². The summed E-state index contributed by atoms with van der Waals surface area (Å²) in [7, 11) is 1.43. The summed E-state index contributed by atoms with van der Waals surface area (Å²) in [6.45, 7) is 2.23. The Hall–Kier alpha value is -0.950. The van der Waals surface area contributed by atoms with Crippen molar-refractivity contribution in [1.82, 2.24) is 4.98 Å². The average Bonchev–Trinajstić information content (AvgIpc) is 2.63. The number of rotatable bonds is 11. The fraction of sp³-hybridized carbons (Fsp3) is 0.571. The van der Waals surface area contributed by atoms with Crippen LogP contribution >= 0.6 is 22.6 Å². The minimum Gasteiger partial charge on any atom is -0.491 e. The Morgan fingerprint density at radius 1 is 1.04 bits per heavy atom. The predicted octanol–water partition coefficient (Wildman–Crippen LogP) is 6.49. The van der Waals surface area contributed by atoms with Gasteiger partial charge in [0.15, 0.2) is 15.2 Å². The molecule has 3 nitrogen and oxygen atoms in total. The van der Waals surface area contributed by atoms with Crippen molar-refractivity contribution >= 4 is 33.5 Å². The summed E-state index contributed by atoms with van der Waals surface area (Å²) in [4.78, 5) is 4.50. The molecule has 0 saturated heterocycles. The standard InChI is InChI=1S/C21H29FINO2/c1-3-4-5-6-7-8-9-10-15-21(23,25)18-14-12-16-11-13-17(22)20(26-2)19(16)24-18/h11-14,25H,3-10,15H2,1-2H3. The van der Waals surface area contributed by atoms with Crippen LogP contribution in [0.25, 0.3) is 10.9 Å². The van der Waals surface area contributed by atoms with Gasteiger partial charge in [-0.3, -0.25) is 0 Å². The Morgan fingerprint density at radius 2 is 1.65 bits per heavy atom. The third kappa shape index (κ3) is 5.78. The van der Waals surface area contributed by atoms with Crippen molar-refractivity contribution in [3.05, 3.63) is 35.8 Å². The highest BCUT2D eigenvalue weighted by atomic mass is 127. The lowest BCUT2D eigenvalue weighted by Gasteiger charge is -2.21. The molecule has 0 aliphatic carbocycles. The zero-order valence-corrected chi connectivity index (χ0v) is 17.9. The summed E-state index contributed by atoms with van der Waals surface area (Å²) >= 11 is 2.04. The highest BCUT2D eigenvalue weighted by molar-refractivity contribution is 14.1. The van der Waals surface area contributed by atoms with Crippen LogP contribution in [0.1, 0.15) is 70.4 Å². The Bertz CT molecular complexity index is 706. The van der Waals surface area contributed by atoms with Crippen LogP contribution in [-0.4, -0.2) is 17.2 Å². The molecular formula is C21H29FINO2. The van der Waals surface area contributed by atoms with Crippen LogP contribution in [0.5, 0.6) is 5.75 Å². The van der Waals surface area contributed by atoms with E-state index in [-0.39, 0.29) is 5.75 Å². The first-order valence-electron chi connectivity index (χ1n) is 9.54. The predicted molar refractivity (Wildman–Crippen MR) is 113 cm³/mol. The number of methoxy groups -OCH3 is 1.